The van der Waals surface area contributed by atoms with Crippen LogP contribution in [0.3, 0.4) is 0 Å². The molecular formula is C20H21N3O3S. The highest BCUT2D eigenvalue weighted by Gasteiger charge is 2.34. The van der Waals surface area contributed by atoms with Crippen LogP contribution in [-0.2, 0) is 10.0 Å². The predicted octanol–water partition coefficient (Wildman–Crippen LogP) is 2.39. The largest absolute Gasteiger partial charge is 0.493 e. The number of para-hydroxylation sites is 1. The van der Waals surface area contributed by atoms with Gasteiger partial charge in [0.05, 0.1) is 17.1 Å². The summed E-state index contributed by atoms with van der Waals surface area (Å²) < 4.78 is 33.2. The van der Waals surface area contributed by atoms with E-state index < -0.39 is 10.0 Å². The SMILES string of the molecule is N#Cc1ccccc1S(=O)(=O)N1CCN(C2CCOc3ccccc32)CC1. The van der Waals surface area contributed by atoms with Crippen molar-refractivity contribution in [2.45, 2.75) is 17.4 Å². The average Bonchev–Trinajstić information content (AvgIpc) is 2.73. The zero-order valence-corrected chi connectivity index (χ0v) is 15.7. The third-order valence-corrected chi connectivity index (χ3v) is 7.22. The lowest BCUT2D eigenvalue weighted by molar-refractivity contribution is 0.103. The molecule has 2 aromatic carbocycles. The van der Waals surface area contributed by atoms with Crippen LogP contribution in [0.2, 0.25) is 0 Å². The van der Waals surface area contributed by atoms with Gasteiger partial charge in [0, 0.05) is 44.2 Å². The van der Waals surface area contributed by atoms with Gasteiger partial charge >= 0.3 is 0 Å². The van der Waals surface area contributed by atoms with Gasteiger partial charge < -0.3 is 4.74 Å². The van der Waals surface area contributed by atoms with E-state index in [0.29, 0.717) is 32.8 Å². The maximum absolute atomic E-state index is 13.0. The lowest BCUT2D eigenvalue weighted by Crippen LogP contribution is -2.50. The first kappa shape index (κ1) is 18.0. The normalized spacial score (nSPS) is 21.1. The van der Waals surface area contributed by atoms with Gasteiger partial charge in [0.1, 0.15) is 11.8 Å². The van der Waals surface area contributed by atoms with Crippen molar-refractivity contribution >= 4 is 10.0 Å². The van der Waals surface area contributed by atoms with Gasteiger partial charge in [-0.1, -0.05) is 30.3 Å². The van der Waals surface area contributed by atoms with Gasteiger partial charge in [0.2, 0.25) is 10.0 Å². The maximum Gasteiger partial charge on any atom is 0.244 e. The monoisotopic (exact) mass is 383 g/mol. The molecule has 2 aliphatic rings. The van der Waals surface area contributed by atoms with Gasteiger partial charge in [0.15, 0.2) is 0 Å². The summed E-state index contributed by atoms with van der Waals surface area (Å²) >= 11 is 0. The van der Waals surface area contributed by atoms with Crippen molar-refractivity contribution in [3.05, 3.63) is 59.7 Å². The van der Waals surface area contributed by atoms with E-state index in [1.165, 1.54) is 15.9 Å². The number of hydrogen-bond donors (Lipinski definition) is 0. The Balaban J connectivity index is 1.51. The Labute approximate surface area is 159 Å². The summed E-state index contributed by atoms with van der Waals surface area (Å²) in [6.07, 6.45) is 0.904. The lowest BCUT2D eigenvalue weighted by Gasteiger charge is -2.40. The quantitative estimate of drug-likeness (QED) is 0.814. The van der Waals surface area contributed by atoms with Crippen LogP contribution in [0.15, 0.2) is 53.4 Å². The topological polar surface area (TPSA) is 73.6 Å². The van der Waals surface area contributed by atoms with E-state index in [1.807, 2.05) is 24.3 Å². The van der Waals surface area contributed by atoms with Crippen molar-refractivity contribution in [3.63, 3.8) is 0 Å². The van der Waals surface area contributed by atoms with E-state index in [1.54, 1.807) is 18.2 Å². The molecule has 1 unspecified atom stereocenters. The predicted molar refractivity (Wildman–Crippen MR) is 101 cm³/mol. The summed E-state index contributed by atoms with van der Waals surface area (Å²) in [5.41, 5.74) is 1.37. The third-order valence-electron chi connectivity index (χ3n) is 5.27. The minimum absolute atomic E-state index is 0.0948. The van der Waals surface area contributed by atoms with Crippen molar-refractivity contribution in [2.24, 2.45) is 0 Å². The molecule has 0 saturated carbocycles. The van der Waals surface area contributed by atoms with E-state index in [4.69, 9.17) is 4.74 Å². The smallest absolute Gasteiger partial charge is 0.244 e. The van der Waals surface area contributed by atoms with E-state index in [0.717, 1.165) is 12.2 Å². The molecule has 2 aliphatic heterocycles. The number of fused-ring (bicyclic) bond motifs is 1. The number of nitrogens with zero attached hydrogens (tertiary/aromatic N) is 3. The third kappa shape index (κ3) is 3.32. The summed E-state index contributed by atoms with van der Waals surface area (Å²) in [7, 11) is -3.66. The number of nitriles is 1. The van der Waals surface area contributed by atoms with Crippen LogP contribution in [0.25, 0.3) is 0 Å². The molecule has 6 nitrogen and oxygen atoms in total. The molecule has 0 aromatic heterocycles. The molecule has 4 rings (SSSR count). The first-order valence-electron chi connectivity index (χ1n) is 9.06. The van der Waals surface area contributed by atoms with Gasteiger partial charge in [-0.15, -0.1) is 0 Å². The van der Waals surface area contributed by atoms with Crippen LogP contribution >= 0.6 is 0 Å². The molecule has 0 aliphatic carbocycles. The molecule has 27 heavy (non-hydrogen) atoms. The Bertz CT molecular complexity index is 976. The van der Waals surface area contributed by atoms with Gasteiger partial charge in [-0.3, -0.25) is 4.90 Å². The van der Waals surface area contributed by atoms with Crippen LogP contribution in [-0.4, -0.2) is 50.4 Å². The van der Waals surface area contributed by atoms with Crippen molar-refractivity contribution in [1.82, 2.24) is 9.21 Å². The highest BCUT2D eigenvalue weighted by atomic mass is 32.2. The minimum Gasteiger partial charge on any atom is -0.493 e. The molecule has 1 fully saturated rings. The molecular weight excluding hydrogens is 362 g/mol. The second-order valence-corrected chi connectivity index (χ2v) is 8.65. The minimum atomic E-state index is -3.66. The summed E-state index contributed by atoms with van der Waals surface area (Å²) in [6, 6.07) is 16.7. The Morgan fingerprint density at radius 2 is 1.70 bits per heavy atom. The van der Waals surface area contributed by atoms with Gasteiger partial charge in [-0.2, -0.15) is 9.57 Å². The van der Waals surface area contributed by atoms with Crippen molar-refractivity contribution in [2.75, 3.05) is 32.8 Å². The summed E-state index contributed by atoms with van der Waals surface area (Å²) in [5, 5.41) is 9.23. The fourth-order valence-corrected chi connectivity index (χ4v) is 5.45. The highest BCUT2D eigenvalue weighted by molar-refractivity contribution is 7.89. The highest BCUT2D eigenvalue weighted by Crippen LogP contribution is 2.36. The Hall–Kier alpha value is -2.40. The molecule has 1 atom stereocenters. The van der Waals surface area contributed by atoms with E-state index in [9.17, 15) is 13.7 Å². The Morgan fingerprint density at radius 3 is 2.48 bits per heavy atom. The average molecular weight is 383 g/mol. The number of rotatable bonds is 3. The maximum atomic E-state index is 13.0. The molecule has 0 amide bonds. The molecule has 1 saturated heterocycles. The molecule has 2 aromatic rings. The lowest BCUT2D eigenvalue weighted by atomic mass is 9.98. The van der Waals surface area contributed by atoms with Crippen LogP contribution in [0.1, 0.15) is 23.6 Å². The summed E-state index contributed by atoms with van der Waals surface area (Å²) in [6.45, 7) is 2.83. The molecule has 0 radical (unpaired) electrons. The van der Waals surface area contributed by atoms with Crippen LogP contribution in [0.4, 0.5) is 0 Å². The van der Waals surface area contributed by atoms with E-state index in [-0.39, 0.29) is 16.5 Å². The van der Waals surface area contributed by atoms with Crippen molar-refractivity contribution in [3.8, 4) is 11.8 Å². The Kier molecular flexibility index (Phi) is 4.87. The molecule has 140 valence electrons. The number of piperazine rings is 1. The van der Waals surface area contributed by atoms with Crippen LogP contribution in [0, 0.1) is 11.3 Å². The van der Waals surface area contributed by atoms with Crippen molar-refractivity contribution < 1.29 is 13.2 Å². The first-order valence-corrected chi connectivity index (χ1v) is 10.5. The number of benzene rings is 2. The summed E-state index contributed by atoms with van der Waals surface area (Å²) in [4.78, 5) is 2.43. The molecule has 0 bridgehead atoms. The van der Waals surface area contributed by atoms with E-state index in [2.05, 4.69) is 11.0 Å². The van der Waals surface area contributed by atoms with Gasteiger partial charge in [0.25, 0.3) is 0 Å². The van der Waals surface area contributed by atoms with Gasteiger partial charge in [-0.25, -0.2) is 8.42 Å². The fourth-order valence-electron chi connectivity index (χ4n) is 3.88. The van der Waals surface area contributed by atoms with Gasteiger partial charge in [-0.05, 0) is 18.2 Å². The second kappa shape index (κ2) is 7.31. The number of ether oxygens (including phenoxy) is 1. The number of sulfonamides is 1. The van der Waals surface area contributed by atoms with Crippen LogP contribution in [0.5, 0.6) is 5.75 Å². The first-order chi connectivity index (χ1) is 13.1. The van der Waals surface area contributed by atoms with Crippen LogP contribution < -0.4 is 4.74 Å². The summed E-state index contributed by atoms with van der Waals surface area (Å²) in [5.74, 6) is 0.923. The second-order valence-electron chi connectivity index (χ2n) is 6.74. The fraction of sp³-hybridized carbons (Fsp3) is 0.350. The molecule has 2 heterocycles. The zero-order chi connectivity index (χ0) is 18.9. The molecule has 0 spiro atoms. The zero-order valence-electron chi connectivity index (χ0n) is 14.9. The molecule has 7 heteroatoms. The van der Waals surface area contributed by atoms with Crippen molar-refractivity contribution in [1.29, 1.82) is 5.26 Å². The number of hydrogen-bond acceptors (Lipinski definition) is 5. The Morgan fingerprint density at radius 1 is 1.00 bits per heavy atom. The standard InChI is InChI=1S/C20H21N3O3S/c21-15-16-5-1-4-8-20(16)27(24,25)23-12-10-22(11-13-23)18-9-14-26-19-7-3-2-6-17(18)19/h1-8,18H,9-14H2. The van der Waals surface area contributed by atoms with E-state index >= 15 is 0 Å². The molecule has 0 N–H and O–H groups in total.